The Morgan fingerprint density at radius 3 is 2.76 bits per heavy atom. The van der Waals surface area contributed by atoms with Gasteiger partial charge in [-0.15, -0.1) is 0 Å². The molecule has 0 bridgehead atoms. The zero-order valence-electron chi connectivity index (χ0n) is 12.1. The molecule has 1 aliphatic heterocycles. The van der Waals surface area contributed by atoms with Crippen LogP contribution in [-0.4, -0.2) is 27.4 Å². The van der Waals surface area contributed by atoms with Crippen LogP contribution in [0.3, 0.4) is 0 Å². The maximum absolute atomic E-state index is 4.74. The van der Waals surface area contributed by atoms with Crippen LogP contribution >= 0.6 is 0 Å². The predicted octanol–water partition coefficient (Wildman–Crippen LogP) is 2.94. The third-order valence-corrected chi connectivity index (χ3v) is 4.31. The fourth-order valence-corrected chi connectivity index (χ4v) is 3.14. The molecule has 3 nitrogen and oxygen atoms in total. The van der Waals surface area contributed by atoms with E-state index in [9.17, 15) is 0 Å². The number of rotatable bonds is 3. The first-order valence-electron chi connectivity index (χ1n) is 7.61. The Balaban J connectivity index is 1.51. The van der Waals surface area contributed by atoms with Crippen LogP contribution in [0.25, 0.3) is 5.65 Å². The van der Waals surface area contributed by atoms with Gasteiger partial charge in [0.2, 0.25) is 0 Å². The number of fused-ring (bicyclic) bond motifs is 3. The summed E-state index contributed by atoms with van der Waals surface area (Å²) < 4.78 is 2.24. The lowest BCUT2D eigenvalue weighted by atomic mass is 10.1. The average molecular weight is 277 g/mol. The van der Waals surface area contributed by atoms with Gasteiger partial charge in [0, 0.05) is 32.3 Å². The van der Waals surface area contributed by atoms with Crippen LogP contribution in [0.2, 0.25) is 0 Å². The van der Waals surface area contributed by atoms with Gasteiger partial charge in [0.15, 0.2) is 0 Å². The first-order chi connectivity index (χ1) is 10.4. The molecule has 0 saturated heterocycles. The molecule has 4 rings (SSSR count). The van der Waals surface area contributed by atoms with E-state index in [-0.39, 0.29) is 0 Å². The molecule has 0 N–H and O–H groups in total. The summed E-state index contributed by atoms with van der Waals surface area (Å²) in [5, 5.41) is 0. The van der Waals surface area contributed by atoms with Crippen molar-refractivity contribution in [3.05, 3.63) is 71.7 Å². The van der Waals surface area contributed by atoms with Crippen molar-refractivity contribution in [1.82, 2.24) is 14.3 Å². The number of hydrogen-bond donors (Lipinski definition) is 0. The highest BCUT2D eigenvalue weighted by atomic mass is 15.2. The zero-order chi connectivity index (χ0) is 14.1. The second kappa shape index (κ2) is 5.34. The largest absolute Gasteiger partial charge is 0.302 e. The van der Waals surface area contributed by atoms with Crippen LogP contribution in [0.4, 0.5) is 0 Å². The smallest absolute Gasteiger partial charge is 0.137 e. The molecular formula is C18H19N3. The van der Waals surface area contributed by atoms with Gasteiger partial charge in [-0.2, -0.15) is 0 Å². The molecule has 0 aliphatic carbocycles. The number of imidazole rings is 1. The zero-order valence-corrected chi connectivity index (χ0v) is 12.1. The Bertz CT molecular complexity index is 746. The minimum atomic E-state index is 1.01. The standard InChI is InChI=1S/C18H19N3/c1-2-6-15(7-3-1)9-12-20-13-10-16-17(14-20)21-11-5-4-8-18(21)19-16/h1-8,11H,9-10,12-14H2. The monoisotopic (exact) mass is 277 g/mol. The molecule has 0 fully saturated rings. The molecule has 0 radical (unpaired) electrons. The molecule has 1 aromatic carbocycles. The minimum Gasteiger partial charge on any atom is -0.302 e. The summed E-state index contributed by atoms with van der Waals surface area (Å²) >= 11 is 0. The van der Waals surface area contributed by atoms with Crippen LogP contribution in [0.5, 0.6) is 0 Å². The lowest BCUT2D eigenvalue weighted by Crippen LogP contribution is -2.32. The van der Waals surface area contributed by atoms with Crippen molar-refractivity contribution in [2.75, 3.05) is 13.1 Å². The molecule has 1 aliphatic rings. The summed E-state index contributed by atoms with van der Waals surface area (Å²) in [6, 6.07) is 17.0. The van der Waals surface area contributed by atoms with Crippen molar-refractivity contribution < 1.29 is 0 Å². The SMILES string of the molecule is c1ccc(CCN2CCc3nc4ccccn4c3C2)cc1. The second-order valence-electron chi connectivity index (χ2n) is 5.70. The molecule has 0 unspecified atom stereocenters. The number of pyridine rings is 1. The van der Waals surface area contributed by atoms with Gasteiger partial charge in [-0.1, -0.05) is 36.4 Å². The molecule has 3 aromatic rings. The van der Waals surface area contributed by atoms with Gasteiger partial charge in [0.25, 0.3) is 0 Å². The van der Waals surface area contributed by atoms with Crippen molar-refractivity contribution in [1.29, 1.82) is 0 Å². The molecule has 0 amide bonds. The molecular weight excluding hydrogens is 258 g/mol. The Kier molecular flexibility index (Phi) is 3.20. The predicted molar refractivity (Wildman–Crippen MR) is 84.3 cm³/mol. The molecule has 21 heavy (non-hydrogen) atoms. The summed E-state index contributed by atoms with van der Waals surface area (Å²) in [6.45, 7) is 3.24. The van der Waals surface area contributed by atoms with E-state index in [0.717, 1.165) is 38.1 Å². The molecule has 3 heterocycles. The first-order valence-corrected chi connectivity index (χ1v) is 7.61. The fraction of sp³-hybridized carbons (Fsp3) is 0.278. The molecule has 3 heteroatoms. The summed E-state index contributed by atoms with van der Waals surface area (Å²) in [6.07, 6.45) is 4.31. The van der Waals surface area contributed by atoms with E-state index in [1.807, 2.05) is 0 Å². The van der Waals surface area contributed by atoms with E-state index in [4.69, 9.17) is 4.98 Å². The van der Waals surface area contributed by atoms with Gasteiger partial charge in [0.1, 0.15) is 5.65 Å². The maximum atomic E-state index is 4.74. The highest BCUT2D eigenvalue weighted by molar-refractivity contribution is 5.43. The summed E-state index contributed by atoms with van der Waals surface area (Å²) in [4.78, 5) is 7.28. The van der Waals surface area contributed by atoms with Crippen LogP contribution in [0.15, 0.2) is 54.7 Å². The summed E-state index contributed by atoms with van der Waals surface area (Å²) in [7, 11) is 0. The van der Waals surface area contributed by atoms with E-state index in [1.165, 1.54) is 17.0 Å². The summed E-state index contributed by atoms with van der Waals surface area (Å²) in [5.41, 5.74) is 5.14. The number of hydrogen-bond acceptors (Lipinski definition) is 2. The van der Waals surface area contributed by atoms with Gasteiger partial charge < -0.3 is 4.40 Å². The van der Waals surface area contributed by atoms with Crippen molar-refractivity contribution in [2.45, 2.75) is 19.4 Å². The molecule has 0 atom stereocenters. The fourth-order valence-electron chi connectivity index (χ4n) is 3.14. The van der Waals surface area contributed by atoms with Crippen LogP contribution in [0.1, 0.15) is 17.0 Å². The van der Waals surface area contributed by atoms with Crippen molar-refractivity contribution in [2.24, 2.45) is 0 Å². The third-order valence-electron chi connectivity index (χ3n) is 4.31. The van der Waals surface area contributed by atoms with E-state index < -0.39 is 0 Å². The van der Waals surface area contributed by atoms with Crippen molar-refractivity contribution >= 4 is 5.65 Å². The van der Waals surface area contributed by atoms with Crippen LogP contribution < -0.4 is 0 Å². The lowest BCUT2D eigenvalue weighted by molar-refractivity contribution is 0.252. The Labute approximate surface area is 124 Å². The van der Waals surface area contributed by atoms with Gasteiger partial charge in [0.05, 0.1) is 11.4 Å². The van der Waals surface area contributed by atoms with Crippen molar-refractivity contribution in [3.63, 3.8) is 0 Å². The van der Waals surface area contributed by atoms with Gasteiger partial charge in [-0.25, -0.2) is 4.98 Å². The van der Waals surface area contributed by atoms with Crippen LogP contribution in [0, 0.1) is 0 Å². The van der Waals surface area contributed by atoms with Crippen LogP contribution in [-0.2, 0) is 19.4 Å². The quantitative estimate of drug-likeness (QED) is 0.734. The molecule has 0 saturated carbocycles. The van der Waals surface area contributed by atoms with E-state index in [1.54, 1.807) is 0 Å². The average Bonchev–Trinajstić information content (AvgIpc) is 2.92. The minimum absolute atomic E-state index is 1.01. The van der Waals surface area contributed by atoms with E-state index in [2.05, 4.69) is 64.0 Å². The highest BCUT2D eigenvalue weighted by Crippen LogP contribution is 2.20. The van der Waals surface area contributed by atoms with Gasteiger partial charge in [-0.3, -0.25) is 4.90 Å². The van der Waals surface area contributed by atoms with E-state index >= 15 is 0 Å². The number of nitrogens with zero attached hydrogens (tertiary/aromatic N) is 3. The molecule has 106 valence electrons. The van der Waals surface area contributed by atoms with Gasteiger partial charge >= 0.3 is 0 Å². The lowest BCUT2D eigenvalue weighted by Gasteiger charge is -2.26. The second-order valence-corrected chi connectivity index (χ2v) is 5.70. The number of benzene rings is 1. The molecule has 2 aromatic heterocycles. The van der Waals surface area contributed by atoms with Gasteiger partial charge in [-0.05, 0) is 24.1 Å². The molecule has 0 spiro atoms. The normalized spacial score (nSPS) is 15.2. The summed E-state index contributed by atoms with van der Waals surface area (Å²) in [5.74, 6) is 0. The Morgan fingerprint density at radius 1 is 1.00 bits per heavy atom. The van der Waals surface area contributed by atoms with Crippen molar-refractivity contribution in [3.8, 4) is 0 Å². The van der Waals surface area contributed by atoms with E-state index in [0.29, 0.717) is 0 Å². The Morgan fingerprint density at radius 2 is 1.86 bits per heavy atom. The third kappa shape index (κ3) is 2.45. The highest BCUT2D eigenvalue weighted by Gasteiger charge is 2.20. The topological polar surface area (TPSA) is 20.5 Å². The number of aromatic nitrogens is 2. The Hall–Kier alpha value is -2.13. The maximum Gasteiger partial charge on any atom is 0.137 e. The first kappa shape index (κ1) is 12.6.